The highest BCUT2D eigenvalue weighted by Gasteiger charge is 2.32. The first-order chi connectivity index (χ1) is 35.5. The van der Waals surface area contributed by atoms with Crippen molar-refractivity contribution in [3.05, 3.63) is 0 Å². The zero-order valence-corrected chi connectivity index (χ0v) is 47.1. The summed E-state index contributed by atoms with van der Waals surface area (Å²) in [7, 11) is 0. The summed E-state index contributed by atoms with van der Waals surface area (Å²) in [4.78, 5) is 123. The van der Waals surface area contributed by atoms with Crippen molar-refractivity contribution in [3.8, 4) is 0 Å². The van der Waals surface area contributed by atoms with E-state index in [0.29, 0.717) is 32.1 Å². The van der Waals surface area contributed by atoms with E-state index in [0.717, 1.165) is 25.7 Å². The molecule has 23 heteroatoms. The molecule has 0 saturated carbocycles. The first-order valence-corrected chi connectivity index (χ1v) is 26.3. The molecular weight excluding hydrogens is 1000 g/mol. The van der Waals surface area contributed by atoms with Gasteiger partial charge < -0.3 is 54.0 Å². The first-order valence-electron chi connectivity index (χ1n) is 26.3. The fraction of sp³-hybridized carbons (Fsp3) is 0.811. The van der Waals surface area contributed by atoms with Crippen LogP contribution in [0.3, 0.4) is 0 Å². The Morgan fingerprint density at radius 3 is 1.34 bits per heavy atom. The van der Waals surface area contributed by atoms with Crippen molar-refractivity contribution < 1.29 is 112 Å². The standard InChI is InChI=1S/C22H40O7.C17H26O10.C14H26O6/c1-5-7-8-9-10-11-12-13-14-18(19(24)25)20(26)28-15-17(23)16-29-21(27)22(3,4)6-2;1-4-17(2,3)16(24)26-10-11(27-15(23)8-6-13(20)21)9-25-14(22)7-5-12(18)19;1-5-7-11(12(15)16)10-20-19-9-8-18-13(17)14(3,4)6-2/h17-18,23H,5-16H2,1-4H3,(H,24,25);11H,4-10H2,1-3H3,(H,18,19)(H,20,21);11H,5-10H2,1-4H3,(H,15,16). The highest BCUT2D eigenvalue weighted by atomic mass is 17.2. The van der Waals surface area contributed by atoms with Gasteiger partial charge in [0.05, 0.1) is 54.5 Å². The van der Waals surface area contributed by atoms with E-state index in [1.807, 2.05) is 34.6 Å². The molecule has 442 valence electrons. The molecule has 0 spiro atoms. The van der Waals surface area contributed by atoms with E-state index < -0.39 is 126 Å². The number of rotatable bonds is 41. The number of ether oxygens (including phenoxy) is 6. The lowest BCUT2D eigenvalue weighted by molar-refractivity contribution is -0.304. The second kappa shape index (κ2) is 42.7. The highest BCUT2D eigenvalue weighted by molar-refractivity contribution is 5.93. The van der Waals surface area contributed by atoms with Crippen LogP contribution in [0.5, 0.6) is 0 Å². The van der Waals surface area contributed by atoms with Gasteiger partial charge in [-0.15, -0.1) is 0 Å². The Balaban J connectivity index is -0.00000107. The van der Waals surface area contributed by atoms with Gasteiger partial charge in [-0.2, -0.15) is 0 Å². The lowest BCUT2D eigenvalue weighted by Gasteiger charge is -2.23. The molecule has 0 aromatic heterocycles. The number of aliphatic hydroxyl groups excluding tert-OH is 1. The molecule has 23 nitrogen and oxygen atoms in total. The van der Waals surface area contributed by atoms with Crippen molar-refractivity contribution >= 4 is 59.7 Å². The second-order valence-corrected chi connectivity index (χ2v) is 20.0. The Hall–Kier alpha value is -5.42. The fourth-order valence-corrected chi connectivity index (χ4v) is 5.53. The maximum atomic E-state index is 12.0. The molecule has 0 heterocycles. The van der Waals surface area contributed by atoms with Crippen LogP contribution in [0.25, 0.3) is 0 Å². The van der Waals surface area contributed by atoms with Gasteiger partial charge in [-0.3, -0.25) is 47.9 Å². The van der Waals surface area contributed by atoms with Crippen LogP contribution in [-0.2, 0) is 86.1 Å². The van der Waals surface area contributed by atoms with Crippen molar-refractivity contribution in [2.24, 2.45) is 28.1 Å². The zero-order valence-electron chi connectivity index (χ0n) is 47.1. The summed E-state index contributed by atoms with van der Waals surface area (Å²) in [6, 6.07) is 0. The fourth-order valence-electron chi connectivity index (χ4n) is 5.53. The lowest BCUT2D eigenvalue weighted by atomic mass is 9.91. The normalized spacial score (nSPS) is 12.8. The zero-order chi connectivity index (χ0) is 58.9. The van der Waals surface area contributed by atoms with Gasteiger partial charge in [0.25, 0.3) is 0 Å². The number of aliphatic hydroxyl groups is 1. The molecule has 0 radical (unpaired) electrons. The topological polar surface area (TPSA) is 346 Å². The number of aliphatic carboxylic acids is 4. The number of hydrogen-bond donors (Lipinski definition) is 5. The van der Waals surface area contributed by atoms with Gasteiger partial charge in [-0.05, 0) is 73.6 Å². The average molecular weight is 1100 g/mol. The minimum absolute atomic E-state index is 0.00241. The molecule has 0 aromatic rings. The van der Waals surface area contributed by atoms with Crippen LogP contribution in [0.2, 0.25) is 0 Å². The Bertz CT molecular complexity index is 1720. The molecule has 0 amide bonds. The molecule has 0 aromatic carbocycles. The lowest BCUT2D eigenvalue weighted by Crippen LogP contribution is -2.34. The smallest absolute Gasteiger partial charge is 0.320 e. The number of unbranched alkanes of at least 4 members (excludes halogenated alkanes) is 7. The van der Waals surface area contributed by atoms with Crippen LogP contribution in [0.15, 0.2) is 0 Å². The summed E-state index contributed by atoms with van der Waals surface area (Å²) in [6.07, 6.45) is 7.96. The van der Waals surface area contributed by atoms with Crippen molar-refractivity contribution in [1.82, 2.24) is 0 Å². The Kier molecular flexibility index (Phi) is 42.0. The summed E-state index contributed by atoms with van der Waals surface area (Å²) >= 11 is 0. The van der Waals surface area contributed by atoms with E-state index in [9.17, 15) is 58.2 Å². The third kappa shape index (κ3) is 39.0. The molecule has 5 N–H and O–H groups in total. The summed E-state index contributed by atoms with van der Waals surface area (Å²) in [5.74, 6) is -10.0. The number of carbonyl (C=O) groups is 10. The predicted octanol–water partition coefficient (Wildman–Crippen LogP) is 7.67. The van der Waals surface area contributed by atoms with Crippen molar-refractivity contribution in [1.29, 1.82) is 0 Å². The van der Waals surface area contributed by atoms with Gasteiger partial charge in [-0.1, -0.05) is 92.4 Å². The predicted molar refractivity (Wildman–Crippen MR) is 273 cm³/mol. The number of carbonyl (C=O) groups excluding carboxylic acids is 6. The van der Waals surface area contributed by atoms with Gasteiger partial charge in [0.15, 0.2) is 12.0 Å². The molecule has 4 unspecified atom stereocenters. The molecule has 0 rings (SSSR count). The Morgan fingerprint density at radius 2 is 0.882 bits per heavy atom. The number of hydrogen-bond acceptors (Lipinski definition) is 19. The number of carboxylic acids is 4. The Morgan fingerprint density at radius 1 is 0.434 bits per heavy atom. The summed E-state index contributed by atoms with van der Waals surface area (Å²) in [5.41, 5.74) is -1.91. The maximum absolute atomic E-state index is 12.0. The van der Waals surface area contributed by atoms with Crippen LogP contribution in [0, 0.1) is 28.1 Å². The molecule has 0 bridgehead atoms. The molecular formula is C53H92O23. The van der Waals surface area contributed by atoms with Gasteiger partial charge in [0, 0.05) is 0 Å². The van der Waals surface area contributed by atoms with Crippen LogP contribution in [0.1, 0.15) is 192 Å². The second-order valence-electron chi connectivity index (χ2n) is 20.0. The van der Waals surface area contributed by atoms with Crippen molar-refractivity contribution in [3.63, 3.8) is 0 Å². The number of carboxylic acid groups (broad SMARTS) is 4. The van der Waals surface area contributed by atoms with E-state index in [4.69, 9.17) is 53.5 Å². The maximum Gasteiger partial charge on any atom is 0.320 e. The Labute approximate surface area is 448 Å². The van der Waals surface area contributed by atoms with Crippen LogP contribution >= 0.6 is 0 Å². The van der Waals surface area contributed by atoms with Crippen LogP contribution in [0.4, 0.5) is 0 Å². The molecule has 0 aliphatic carbocycles. The van der Waals surface area contributed by atoms with E-state index in [1.165, 1.54) is 25.7 Å². The van der Waals surface area contributed by atoms with Crippen molar-refractivity contribution in [2.45, 2.75) is 204 Å². The minimum atomic E-state index is -1.23. The van der Waals surface area contributed by atoms with E-state index in [1.54, 1.807) is 34.6 Å². The molecule has 0 aliphatic rings. The SMILES string of the molecule is CCC(C)(C)C(=O)OCC(COC(=O)CCC(=O)O)OC(=O)CCC(=O)O.CCCC(COOCCOC(=O)C(C)(C)CC)C(=O)O.CCCCCCCCCCC(C(=O)O)C(=O)OCC(O)COC(=O)C(C)(C)CC. The monoisotopic (exact) mass is 1100 g/mol. The van der Waals surface area contributed by atoms with Gasteiger partial charge >= 0.3 is 59.7 Å². The average Bonchev–Trinajstić information content (AvgIpc) is 3.36. The van der Waals surface area contributed by atoms with Crippen LogP contribution < -0.4 is 0 Å². The van der Waals surface area contributed by atoms with Gasteiger partial charge in [-0.25, -0.2) is 9.78 Å². The molecule has 76 heavy (non-hydrogen) atoms. The molecule has 0 saturated heterocycles. The summed E-state index contributed by atoms with van der Waals surface area (Å²) in [5, 5.41) is 45.1. The third-order valence-electron chi connectivity index (χ3n) is 12.0. The van der Waals surface area contributed by atoms with Crippen LogP contribution in [-0.4, -0.2) is 144 Å². The summed E-state index contributed by atoms with van der Waals surface area (Å²) < 4.78 is 29.9. The van der Waals surface area contributed by atoms with Gasteiger partial charge in [0.1, 0.15) is 45.7 Å². The van der Waals surface area contributed by atoms with Crippen molar-refractivity contribution in [2.75, 3.05) is 46.2 Å². The molecule has 4 atom stereocenters. The quantitative estimate of drug-likeness (QED) is 0.00978. The molecule has 0 aliphatic heterocycles. The largest absolute Gasteiger partial charge is 0.481 e. The third-order valence-corrected chi connectivity index (χ3v) is 12.0. The van der Waals surface area contributed by atoms with E-state index >= 15 is 0 Å². The first kappa shape index (κ1) is 74.8. The van der Waals surface area contributed by atoms with E-state index in [2.05, 4.69) is 6.92 Å². The van der Waals surface area contributed by atoms with E-state index in [-0.39, 0.29) is 51.8 Å². The number of esters is 6. The molecule has 0 fully saturated rings. The highest BCUT2D eigenvalue weighted by Crippen LogP contribution is 2.24. The minimum Gasteiger partial charge on any atom is -0.481 e. The summed E-state index contributed by atoms with van der Waals surface area (Å²) in [6.45, 7) is 18.8. The van der Waals surface area contributed by atoms with Gasteiger partial charge in [0.2, 0.25) is 0 Å².